The summed E-state index contributed by atoms with van der Waals surface area (Å²) in [5.74, 6) is 1.00. The summed E-state index contributed by atoms with van der Waals surface area (Å²) in [5.41, 5.74) is 3.09. The normalized spacial score (nSPS) is 14.2. The Bertz CT molecular complexity index is 685. The molecule has 1 heterocycles. The zero-order valence-corrected chi connectivity index (χ0v) is 13.9. The van der Waals surface area contributed by atoms with Crippen molar-refractivity contribution >= 4 is 22.9 Å². The van der Waals surface area contributed by atoms with Crippen LogP contribution in [0.25, 0.3) is 11.1 Å². The number of fused-ring (bicyclic) bond motifs is 1. The molecule has 1 aromatic heterocycles. The van der Waals surface area contributed by atoms with Crippen LogP contribution >= 0.6 is 11.8 Å². The van der Waals surface area contributed by atoms with Crippen LogP contribution in [-0.4, -0.2) is 34.2 Å². The number of aliphatic hydroxyl groups is 2. The van der Waals surface area contributed by atoms with Crippen LogP contribution in [0.15, 0.2) is 69.9 Å². The van der Waals surface area contributed by atoms with Crippen LogP contribution < -0.4 is 0 Å². The van der Waals surface area contributed by atoms with Crippen molar-refractivity contribution in [2.75, 3.05) is 19.0 Å². The predicted octanol–water partition coefficient (Wildman–Crippen LogP) is 3.58. The van der Waals surface area contributed by atoms with Crippen LogP contribution in [0, 0.1) is 5.92 Å². The number of hydrogen-bond acceptors (Lipinski definition) is 5. The zero-order chi connectivity index (χ0) is 16.7. The first-order valence-corrected chi connectivity index (χ1v) is 8.38. The fraction of sp³-hybridized carbons (Fsp3) is 0.278. The first-order chi connectivity index (χ1) is 11.2. The highest BCUT2D eigenvalue weighted by Gasteiger charge is 2.08. The summed E-state index contributed by atoms with van der Waals surface area (Å²) in [7, 11) is 0. The maximum atomic E-state index is 9.43. The van der Waals surface area contributed by atoms with Crippen LogP contribution in [0.1, 0.15) is 6.92 Å². The Morgan fingerprint density at radius 1 is 1.30 bits per heavy atom. The molecule has 0 saturated carbocycles. The Hall–Kier alpha value is -1.82. The minimum Gasteiger partial charge on any atom is -0.431 e. The molecule has 5 heteroatoms. The smallest absolute Gasteiger partial charge is 0.256 e. The molecule has 0 radical (unpaired) electrons. The van der Waals surface area contributed by atoms with Gasteiger partial charge in [-0.05, 0) is 29.2 Å². The second-order valence-electron chi connectivity index (χ2n) is 5.22. The Morgan fingerprint density at radius 3 is 2.70 bits per heavy atom. The van der Waals surface area contributed by atoms with E-state index >= 15 is 0 Å². The van der Waals surface area contributed by atoms with E-state index in [0.29, 0.717) is 10.8 Å². The number of benzene rings is 1. The Kier molecular flexibility index (Phi) is 6.65. The number of aromatic nitrogens is 1. The fourth-order valence-electron chi connectivity index (χ4n) is 2.08. The molecule has 0 aliphatic rings. The van der Waals surface area contributed by atoms with Crippen LogP contribution in [0.5, 0.6) is 0 Å². The second-order valence-corrected chi connectivity index (χ2v) is 6.19. The third kappa shape index (κ3) is 5.10. The Morgan fingerprint density at radius 2 is 2.04 bits per heavy atom. The van der Waals surface area contributed by atoms with Gasteiger partial charge in [0.2, 0.25) is 0 Å². The van der Waals surface area contributed by atoms with Crippen molar-refractivity contribution in [1.82, 2.24) is 4.98 Å². The van der Waals surface area contributed by atoms with Crippen LogP contribution in [0.2, 0.25) is 0 Å². The molecule has 0 aliphatic heterocycles. The van der Waals surface area contributed by atoms with Gasteiger partial charge in [-0.2, -0.15) is 0 Å². The molecule has 1 atom stereocenters. The first-order valence-electron chi connectivity index (χ1n) is 7.40. The second kappa shape index (κ2) is 8.72. The number of nitrogens with zero attached hydrogens (tertiary/aromatic N) is 1. The van der Waals surface area contributed by atoms with Gasteiger partial charge in [0.1, 0.15) is 5.52 Å². The summed E-state index contributed by atoms with van der Waals surface area (Å²) in [6.07, 6.45) is 5.32. The molecule has 2 N–H and O–H groups in total. The summed E-state index contributed by atoms with van der Waals surface area (Å²) in [6, 6.07) is 7.68. The van der Waals surface area contributed by atoms with E-state index in [-0.39, 0.29) is 19.1 Å². The van der Waals surface area contributed by atoms with Gasteiger partial charge in [-0.1, -0.05) is 55.6 Å². The maximum Gasteiger partial charge on any atom is 0.256 e. The van der Waals surface area contributed by atoms with E-state index in [4.69, 9.17) is 9.52 Å². The molecule has 4 nitrogen and oxygen atoms in total. The lowest BCUT2D eigenvalue weighted by atomic mass is 10.1. The lowest BCUT2D eigenvalue weighted by Gasteiger charge is -2.07. The molecule has 0 saturated heterocycles. The zero-order valence-electron chi connectivity index (χ0n) is 13.1. The van der Waals surface area contributed by atoms with E-state index < -0.39 is 0 Å². The standard InChI is InChI=1S/C18H21NO3S/c1-3-14(10-20)9-15(11-21)8-13(2)12-23-18-19-16-6-4-5-7-17(16)22-18/h3-9,13,20-21H,1,10-12H2,2H3/b14-9+,15-8+. The molecule has 0 amide bonds. The highest BCUT2D eigenvalue weighted by atomic mass is 32.2. The van der Waals surface area contributed by atoms with E-state index in [1.54, 1.807) is 23.9 Å². The molecule has 0 bridgehead atoms. The molecule has 2 rings (SSSR count). The van der Waals surface area contributed by atoms with Crippen molar-refractivity contribution in [3.63, 3.8) is 0 Å². The number of para-hydroxylation sites is 2. The minimum absolute atomic E-state index is 0.0742. The van der Waals surface area contributed by atoms with Crippen LogP contribution in [0.3, 0.4) is 0 Å². The number of aliphatic hydroxyl groups excluding tert-OH is 2. The third-order valence-corrected chi connectivity index (χ3v) is 4.35. The van der Waals surface area contributed by atoms with Crippen molar-refractivity contribution in [3.05, 3.63) is 60.2 Å². The number of thioether (sulfide) groups is 1. The molecular weight excluding hydrogens is 310 g/mol. The van der Waals surface area contributed by atoms with Gasteiger partial charge in [0.05, 0.1) is 13.2 Å². The minimum atomic E-state index is -0.0904. The SMILES string of the molecule is C=C/C(=C\C(=C/C(C)CSc1nc2ccccc2o1)CO)CO. The fourth-order valence-corrected chi connectivity index (χ4v) is 2.90. The monoisotopic (exact) mass is 331 g/mol. The van der Waals surface area contributed by atoms with Gasteiger partial charge < -0.3 is 14.6 Å². The Balaban J connectivity index is 2.00. The van der Waals surface area contributed by atoms with Crippen LogP contribution in [0.4, 0.5) is 0 Å². The van der Waals surface area contributed by atoms with Gasteiger partial charge >= 0.3 is 0 Å². The summed E-state index contributed by atoms with van der Waals surface area (Å²) in [4.78, 5) is 4.43. The molecule has 122 valence electrons. The number of allylic oxidation sites excluding steroid dienone is 1. The van der Waals surface area contributed by atoms with Crippen LogP contribution in [-0.2, 0) is 0 Å². The third-order valence-electron chi connectivity index (χ3n) is 3.24. The number of oxazole rings is 1. The van der Waals surface area contributed by atoms with Gasteiger partial charge in [0.15, 0.2) is 5.58 Å². The van der Waals surface area contributed by atoms with Crippen molar-refractivity contribution < 1.29 is 14.6 Å². The molecule has 0 spiro atoms. The van der Waals surface area contributed by atoms with E-state index in [2.05, 4.69) is 18.5 Å². The highest BCUT2D eigenvalue weighted by molar-refractivity contribution is 7.99. The molecule has 2 aromatic rings. The largest absolute Gasteiger partial charge is 0.431 e. The van der Waals surface area contributed by atoms with Crippen molar-refractivity contribution in [2.24, 2.45) is 5.92 Å². The molecule has 0 fully saturated rings. The first kappa shape index (κ1) is 17.5. The van der Waals surface area contributed by atoms with Crippen molar-refractivity contribution in [3.8, 4) is 0 Å². The van der Waals surface area contributed by atoms with Crippen molar-refractivity contribution in [1.29, 1.82) is 0 Å². The van der Waals surface area contributed by atoms with E-state index in [1.807, 2.05) is 30.3 Å². The van der Waals surface area contributed by atoms with Gasteiger partial charge in [0, 0.05) is 5.75 Å². The molecular formula is C18H21NO3S. The number of hydrogen-bond donors (Lipinski definition) is 2. The molecule has 1 unspecified atom stereocenters. The number of rotatable bonds is 8. The lowest BCUT2D eigenvalue weighted by molar-refractivity contribution is 0.329. The molecule has 1 aromatic carbocycles. The van der Waals surface area contributed by atoms with Gasteiger partial charge in [-0.25, -0.2) is 4.98 Å². The van der Waals surface area contributed by atoms with Gasteiger partial charge in [0.25, 0.3) is 5.22 Å². The highest BCUT2D eigenvalue weighted by Crippen LogP contribution is 2.25. The van der Waals surface area contributed by atoms with E-state index in [0.717, 1.165) is 22.4 Å². The average molecular weight is 331 g/mol. The summed E-state index contributed by atoms with van der Waals surface area (Å²) >= 11 is 1.54. The summed E-state index contributed by atoms with van der Waals surface area (Å²) in [6.45, 7) is 5.53. The summed E-state index contributed by atoms with van der Waals surface area (Å²) in [5, 5.41) is 19.2. The quantitative estimate of drug-likeness (QED) is 0.572. The average Bonchev–Trinajstić information content (AvgIpc) is 2.99. The maximum absolute atomic E-state index is 9.43. The van der Waals surface area contributed by atoms with Gasteiger partial charge in [-0.3, -0.25) is 0 Å². The van der Waals surface area contributed by atoms with Crippen molar-refractivity contribution in [2.45, 2.75) is 12.1 Å². The van der Waals surface area contributed by atoms with E-state index in [1.165, 1.54) is 0 Å². The Labute approximate surface area is 140 Å². The topological polar surface area (TPSA) is 66.5 Å². The summed E-state index contributed by atoms with van der Waals surface area (Å²) < 4.78 is 5.67. The lowest BCUT2D eigenvalue weighted by Crippen LogP contribution is -1.99. The van der Waals surface area contributed by atoms with E-state index in [9.17, 15) is 5.11 Å². The molecule has 23 heavy (non-hydrogen) atoms. The van der Waals surface area contributed by atoms with Gasteiger partial charge in [-0.15, -0.1) is 0 Å². The molecule has 0 aliphatic carbocycles. The predicted molar refractivity (Wildman–Crippen MR) is 94.4 cm³/mol.